The molecule has 0 saturated heterocycles. The molecule has 0 unspecified atom stereocenters. The molecular formula is C16H20N2O2. The minimum Gasteiger partial charge on any atom is -0.494 e. The average molecular weight is 272 g/mol. The van der Waals surface area contributed by atoms with Crippen LogP contribution in [0.3, 0.4) is 0 Å². The molecule has 2 aromatic rings. The van der Waals surface area contributed by atoms with Gasteiger partial charge in [-0.05, 0) is 37.1 Å². The molecule has 2 aromatic carbocycles. The van der Waals surface area contributed by atoms with Crippen LogP contribution in [0.4, 0.5) is 11.4 Å². The van der Waals surface area contributed by atoms with Crippen molar-refractivity contribution in [3.8, 4) is 11.5 Å². The first-order chi connectivity index (χ1) is 9.74. The van der Waals surface area contributed by atoms with Crippen LogP contribution in [-0.2, 0) is 0 Å². The highest BCUT2D eigenvalue weighted by Crippen LogP contribution is 2.16. The monoisotopic (exact) mass is 272 g/mol. The minimum atomic E-state index is 0.656. The first-order valence-corrected chi connectivity index (χ1v) is 6.71. The number of hydrogen-bond donors (Lipinski definition) is 2. The van der Waals surface area contributed by atoms with Crippen LogP contribution in [0.5, 0.6) is 11.5 Å². The van der Waals surface area contributed by atoms with Crippen molar-refractivity contribution in [3.63, 3.8) is 0 Å². The lowest BCUT2D eigenvalue weighted by atomic mass is 10.3. The molecule has 0 saturated carbocycles. The molecule has 0 fully saturated rings. The number of rotatable bonds is 7. The number of unbranched alkanes of at least 4 members (excludes halogenated alkanes) is 1. The van der Waals surface area contributed by atoms with E-state index in [-0.39, 0.29) is 0 Å². The Bertz CT molecular complexity index is 494. The normalized spacial score (nSPS) is 10.2. The first kappa shape index (κ1) is 14.1. The maximum atomic E-state index is 5.68. The van der Waals surface area contributed by atoms with Gasteiger partial charge in [0, 0.05) is 23.5 Å². The highest BCUT2D eigenvalue weighted by atomic mass is 16.5. The van der Waals surface area contributed by atoms with Crippen molar-refractivity contribution in [2.45, 2.75) is 12.8 Å². The number of nitrogens with two attached hydrogens (primary N) is 2. The van der Waals surface area contributed by atoms with E-state index >= 15 is 0 Å². The predicted molar refractivity (Wildman–Crippen MR) is 81.9 cm³/mol. The Kier molecular flexibility index (Phi) is 5.12. The van der Waals surface area contributed by atoms with Crippen LogP contribution in [0, 0.1) is 0 Å². The van der Waals surface area contributed by atoms with E-state index < -0.39 is 0 Å². The van der Waals surface area contributed by atoms with Gasteiger partial charge in [0.25, 0.3) is 0 Å². The molecule has 20 heavy (non-hydrogen) atoms. The van der Waals surface area contributed by atoms with Crippen LogP contribution < -0.4 is 20.9 Å². The quantitative estimate of drug-likeness (QED) is 0.600. The first-order valence-electron chi connectivity index (χ1n) is 6.71. The zero-order chi connectivity index (χ0) is 14.2. The van der Waals surface area contributed by atoms with Crippen LogP contribution in [0.15, 0.2) is 48.5 Å². The molecule has 0 atom stereocenters. The van der Waals surface area contributed by atoms with Crippen LogP contribution >= 0.6 is 0 Å². The van der Waals surface area contributed by atoms with Gasteiger partial charge in [-0.2, -0.15) is 0 Å². The summed E-state index contributed by atoms with van der Waals surface area (Å²) in [6.45, 7) is 1.31. The maximum absolute atomic E-state index is 5.68. The second-order valence-corrected chi connectivity index (χ2v) is 4.55. The van der Waals surface area contributed by atoms with Gasteiger partial charge in [-0.3, -0.25) is 0 Å². The topological polar surface area (TPSA) is 70.5 Å². The summed E-state index contributed by atoms with van der Waals surface area (Å²) >= 11 is 0. The van der Waals surface area contributed by atoms with Crippen molar-refractivity contribution in [1.29, 1.82) is 0 Å². The van der Waals surface area contributed by atoms with E-state index in [0.29, 0.717) is 24.6 Å². The summed E-state index contributed by atoms with van der Waals surface area (Å²) in [5.41, 5.74) is 12.8. The van der Waals surface area contributed by atoms with Gasteiger partial charge in [-0.15, -0.1) is 0 Å². The molecular weight excluding hydrogens is 252 g/mol. The summed E-state index contributed by atoms with van der Waals surface area (Å²) in [6, 6.07) is 14.9. The molecule has 0 spiro atoms. The van der Waals surface area contributed by atoms with Gasteiger partial charge in [-0.1, -0.05) is 12.1 Å². The second-order valence-electron chi connectivity index (χ2n) is 4.55. The van der Waals surface area contributed by atoms with Crippen LogP contribution in [0.25, 0.3) is 0 Å². The van der Waals surface area contributed by atoms with Crippen molar-refractivity contribution in [1.82, 2.24) is 0 Å². The van der Waals surface area contributed by atoms with E-state index in [0.717, 1.165) is 24.3 Å². The van der Waals surface area contributed by atoms with Gasteiger partial charge in [0.05, 0.1) is 13.2 Å². The fourth-order valence-electron chi connectivity index (χ4n) is 1.79. The molecule has 0 aromatic heterocycles. The Morgan fingerprint density at radius 1 is 0.700 bits per heavy atom. The fraction of sp³-hybridized carbons (Fsp3) is 0.250. The molecule has 4 N–H and O–H groups in total. The molecule has 2 rings (SSSR count). The van der Waals surface area contributed by atoms with E-state index in [4.69, 9.17) is 20.9 Å². The SMILES string of the molecule is Nc1cccc(OCCCCOc2cccc(N)c2)c1. The third-order valence-corrected chi connectivity index (χ3v) is 2.79. The zero-order valence-corrected chi connectivity index (χ0v) is 11.4. The van der Waals surface area contributed by atoms with Crippen LogP contribution in [0.2, 0.25) is 0 Å². The lowest BCUT2D eigenvalue weighted by molar-refractivity contribution is 0.266. The predicted octanol–water partition coefficient (Wildman–Crippen LogP) is 3.09. The minimum absolute atomic E-state index is 0.656. The summed E-state index contributed by atoms with van der Waals surface area (Å²) in [5.74, 6) is 1.61. The van der Waals surface area contributed by atoms with Crippen molar-refractivity contribution >= 4 is 11.4 Å². The number of benzene rings is 2. The van der Waals surface area contributed by atoms with Crippen molar-refractivity contribution in [2.24, 2.45) is 0 Å². The van der Waals surface area contributed by atoms with Gasteiger partial charge >= 0.3 is 0 Å². The van der Waals surface area contributed by atoms with Gasteiger partial charge in [0.2, 0.25) is 0 Å². The largest absolute Gasteiger partial charge is 0.494 e. The lowest BCUT2D eigenvalue weighted by Gasteiger charge is -2.08. The zero-order valence-electron chi connectivity index (χ0n) is 11.4. The van der Waals surface area contributed by atoms with Gasteiger partial charge < -0.3 is 20.9 Å². The highest BCUT2D eigenvalue weighted by molar-refractivity contribution is 5.44. The second kappa shape index (κ2) is 7.28. The van der Waals surface area contributed by atoms with Gasteiger partial charge in [-0.25, -0.2) is 0 Å². The molecule has 106 valence electrons. The van der Waals surface area contributed by atoms with Crippen LogP contribution in [0.1, 0.15) is 12.8 Å². The van der Waals surface area contributed by atoms with Gasteiger partial charge in [0.15, 0.2) is 0 Å². The summed E-state index contributed by atoms with van der Waals surface area (Å²) < 4.78 is 11.2. The highest BCUT2D eigenvalue weighted by Gasteiger charge is 1.96. The van der Waals surface area contributed by atoms with Crippen molar-refractivity contribution in [3.05, 3.63) is 48.5 Å². The number of hydrogen-bond acceptors (Lipinski definition) is 4. The molecule has 0 aliphatic heterocycles. The van der Waals surface area contributed by atoms with Crippen molar-refractivity contribution in [2.75, 3.05) is 24.7 Å². The standard InChI is InChI=1S/C16H20N2O2/c17-13-5-3-7-15(11-13)19-9-1-2-10-20-16-8-4-6-14(18)12-16/h3-8,11-12H,1-2,9-10,17-18H2. The van der Waals surface area contributed by atoms with Crippen molar-refractivity contribution < 1.29 is 9.47 Å². The molecule has 4 heteroatoms. The molecule has 0 amide bonds. The molecule has 0 radical (unpaired) electrons. The Balaban J connectivity index is 1.60. The number of nitrogen functional groups attached to an aromatic ring is 2. The maximum Gasteiger partial charge on any atom is 0.121 e. The molecule has 4 nitrogen and oxygen atoms in total. The molecule has 0 heterocycles. The summed E-state index contributed by atoms with van der Waals surface area (Å²) in [7, 11) is 0. The van der Waals surface area contributed by atoms with E-state index in [1.165, 1.54) is 0 Å². The van der Waals surface area contributed by atoms with E-state index in [1.807, 2.05) is 48.5 Å². The Morgan fingerprint density at radius 3 is 1.55 bits per heavy atom. The average Bonchev–Trinajstić information content (AvgIpc) is 2.43. The fourth-order valence-corrected chi connectivity index (χ4v) is 1.79. The molecule has 0 bridgehead atoms. The number of ether oxygens (including phenoxy) is 2. The Morgan fingerprint density at radius 2 is 1.15 bits per heavy atom. The third kappa shape index (κ3) is 4.72. The van der Waals surface area contributed by atoms with E-state index in [1.54, 1.807) is 0 Å². The van der Waals surface area contributed by atoms with E-state index in [2.05, 4.69) is 0 Å². The Hall–Kier alpha value is -2.36. The van der Waals surface area contributed by atoms with Gasteiger partial charge in [0.1, 0.15) is 11.5 Å². The summed E-state index contributed by atoms with van der Waals surface area (Å²) in [5, 5.41) is 0. The Labute approximate surface area is 119 Å². The van der Waals surface area contributed by atoms with E-state index in [9.17, 15) is 0 Å². The lowest BCUT2D eigenvalue weighted by Crippen LogP contribution is -2.03. The molecule has 0 aliphatic rings. The smallest absolute Gasteiger partial charge is 0.121 e. The molecule has 0 aliphatic carbocycles. The van der Waals surface area contributed by atoms with Crippen LogP contribution in [-0.4, -0.2) is 13.2 Å². The third-order valence-electron chi connectivity index (χ3n) is 2.79. The number of anilines is 2. The summed E-state index contributed by atoms with van der Waals surface area (Å²) in [6.07, 6.45) is 1.86. The summed E-state index contributed by atoms with van der Waals surface area (Å²) in [4.78, 5) is 0.